The topological polar surface area (TPSA) is 80.7 Å². The van der Waals surface area contributed by atoms with Crippen LogP contribution < -0.4 is 9.47 Å². The fourth-order valence-corrected chi connectivity index (χ4v) is 4.57. The van der Waals surface area contributed by atoms with Gasteiger partial charge in [-0.2, -0.15) is 5.10 Å². The summed E-state index contributed by atoms with van der Waals surface area (Å²) in [5.41, 5.74) is 2.56. The lowest BCUT2D eigenvalue weighted by atomic mass is 10.1. The first kappa shape index (κ1) is 21.5. The third kappa shape index (κ3) is 4.28. The van der Waals surface area contributed by atoms with Gasteiger partial charge in [-0.15, -0.1) is 0 Å². The number of carbonyl (C=O) groups excluding carboxylic acids is 1. The lowest BCUT2D eigenvalue weighted by molar-refractivity contribution is -0.134. The maximum absolute atomic E-state index is 13.4. The van der Waals surface area contributed by atoms with Crippen molar-refractivity contribution in [3.05, 3.63) is 84.0 Å². The second-order valence-electron chi connectivity index (χ2n) is 8.82. The highest BCUT2D eigenvalue weighted by Gasteiger charge is 2.36. The molecule has 2 aromatic heterocycles. The zero-order valence-corrected chi connectivity index (χ0v) is 19.3. The van der Waals surface area contributed by atoms with Gasteiger partial charge in [0.25, 0.3) is 5.91 Å². The number of ether oxygens (including phenoxy) is 2. The third-order valence-corrected chi connectivity index (χ3v) is 6.21. The summed E-state index contributed by atoms with van der Waals surface area (Å²) >= 11 is 0. The molecular formula is C27H25N3O5. The second kappa shape index (κ2) is 8.96. The van der Waals surface area contributed by atoms with Gasteiger partial charge in [0.1, 0.15) is 36.3 Å². The van der Waals surface area contributed by atoms with Crippen molar-refractivity contribution >= 4 is 22.6 Å². The number of likely N-dealkylation sites (N-methyl/N-ethyl adjacent to an activating group) is 1. The third-order valence-electron chi connectivity index (χ3n) is 6.21. The number of amides is 1. The van der Waals surface area contributed by atoms with Crippen LogP contribution in [0.5, 0.6) is 11.5 Å². The first-order chi connectivity index (χ1) is 17.1. The molecule has 0 spiro atoms. The van der Waals surface area contributed by atoms with E-state index in [4.69, 9.17) is 23.4 Å². The van der Waals surface area contributed by atoms with Crippen LogP contribution in [0.4, 0.5) is 0 Å². The molecule has 0 N–H and O–H groups in total. The van der Waals surface area contributed by atoms with Crippen LogP contribution in [0.2, 0.25) is 0 Å². The summed E-state index contributed by atoms with van der Waals surface area (Å²) in [7, 11) is 1.91. The minimum absolute atomic E-state index is 0.113. The highest BCUT2D eigenvalue weighted by atomic mass is 16.6. The molecule has 0 saturated heterocycles. The summed E-state index contributed by atoms with van der Waals surface area (Å²) < 4.78 is 23.0. The Morgan fingerprint density at radius 1 is 1.06 bits per heavy atom. The number of hydrogen-bond acceptors (Lipinski definition) is 7. The van der Waals surface area contributed by atoms with Crippen LogP contribution in [0.1, 0.15) is 29.5 Å². The molecule has 35 heavy (non-hydrogen) atoms. The Hall–Kier alpha value is -4.04. The largest absolute Gasteiger partial charge is 0.486 e. The number of benzene rings is 2. The minimum Gasteiger partial charge on any atom is -0.486 e. The minimum atomic E-state index is -0.316. The maximum Gasteiger partial charge on any atom is 0.257 e. The van der Waals surface area contributed by atoms with Crippen LogP contribution in [0.3, 0.4) is 0 Å². The van der Waals surface area contributed by atoms with Crippen LogP contribution >= 0.6 is 0 Å². The molecule has 178 valence electrons. The van der Waals surface area contributed by atoms with Gasteiger partial charge in [0.05, 0.1) is 12.8 Å². The van der Waals surface area contributed by atoms with Gasteiger partial charge in [0, 0.05) is 18.4 Å². The molecule has 6 rings (SSSR count). The van der Waals surface area contributed by atoms with E-state index in [0.29, 0.717) is 37.7 Å². The van der Waals surface area contributed by atoms with E-state index in [-0.39, 0.29) is 18.5 Å². The number of para-hydroxylation sites is 1. The summed E-state index contributed by atoms with van der Waals surface area (Å²) in [6.45, 7) is 1.88. The van der Waals surface area contributed by atoms with Crippen LogP contribution in [-0.4, -0.2) is 48.3 Å². The SMILES string of the molecule is CN(CC(=O)N1N=C(c2cc3ccccc3o2)CC1c1ccco1)Cc1ccc2c(c1)OCCO2. The molecule has 4 aromatic rings. The van der Waals surface area contributed by atoms with Crippen molar-refractivity contribution in [1.82, 2.24) is 9.91 Å². The number of fused-ring (bicyclic) bond motifs is 2. The zero-order valence-electron chi connectivity index (χ0n) is 19.3. The first-order valence-electron chi connectivity index (χ1n) is 11.6. The molecule has 2 aliphatic rings. The van der Waals surface area contributed by atoms with Gasteiger partial charge in [0.2, 0.25) is 0 Å². The Bertz CT molecular complexity index is 1360. The molecule has 8 heteroatoms. The fraction of sp³-hybridized carbons (Fsp3) is 0.259. The Labute approximate surface area is 202 Å². The van der Waals surface area contributed by atoms with E-state index in [1.165, 1.54) is 5.01 Å². The van der Waals surface area contributed by atoms with E-state index < -0.39 is 0 Å². The summed E-state index contributed by atoms with van der Waals surface area (Å²) in [5, 5.41) is 7.22. The van der Waals surface area contributed by atoms with Gasteiger partial charge in [-0.1, -0.05) is 24.3 Å². The molecule has 8 nitrogen and oxygen atoms in total. The van der Waals surface area contributed by atoms with E-state index in [1.54, 1.807) is 6.26 Å². The van der Waals surface area contributed by atoms with Crippen LogP contribution in [0.25, 0.3) is 11.0 Å². The lowest BCUT2D eigenvalue weighted by Crippen LogP contribution is -2.36. The highest BCUT2D eigenvalue weighted by Crippen LogP contribution is 2.35. The number of nitrogens with zero attached hydrogens (tertiary/aromatic N) is 3. The Morgan fingerprint density at radius 3 is 2.74 bits per heavy atom. The van der Waals surface area contributed by atoms with Crippen molar-refractivity contribution in [1.29, 1.82) is 0 Å². The summed E-state index contributed by atoms with van der Waals surface area (Å²) in [6, 6.07) is 19.1. The summed E-state index contributed by atoms with van der Waals surface area (Å²) in [5.74, 6) is 2.75. The van der Waals surface area contributed by atoms with Gasteiger partial charge in [0.15, 0.2) is 17.3 Å². The predicted molar refractivity (Wildman–Crippen MR) is 129 cm³/mol. The smallest absolute Gasteiger partial charge is 0.257 e. The molecule has 4 heterocycles. The molecule has 2 aliphatic heterocycles. The van der Waals surface area contributed by atoms with Crippen molar-refractivity contribution in [3.8, 4) is 11.5 Å². The standard InChI is InChI=1S/C27H25N3O5/c1-29(16-18-8-9-24-26(13-18)34-12-11-33-24)17-27(31)30-21(23-7-4-10-32-23)15-20(28-30)25-14-19-5-2-3-6-22(19)35-25/h2-10,13-14,21H,11-12,15-17H2,1H3. The van der Waals surface area contributed by atoms with Crippen LogP contribution in [-0.2, 0) is 11.3 Å². The predicted octanol–water partition coefficient (Wildman–Crippen LogP) is 4.61. The summed E-state index contributed by atoms with van der Waals surface area (Å²) in [6.07, 6.45) is 2.14. The fourth-order valence-electron chi connectivity index (χ4n) is 4.57. The quantitative estimate of drug-likeness (QED) is 0.409. The average Bonchev–Trinajstić information content (AvgIpc) is 3.62. The Kier molecular flexibility index (Phi) is 5.50. The van der Waals surface area contributed by atoms with Gasteiger partial charge in [-0.05, 0) is 49.0 Å². The molecule has 0 fully saturated rings. The number of hydrazone groups is 1. The van der Waals surface area contributed by atoms with Gasteiger partial charge in [-0.3, -0.25) is 9.69 Å². The molecule has 0 aliphatic carbocycles. The van der Waals surface area contributed by atoms with Crippen LogP contribution in [0, 0.1) is 0 Å². The maximum atomic E-state index is 13.4. The average molecular weight is 472 g/mol. The monoisotopic (exact) mass is 471 g/mol. The van der Waals surface area contributed by atoms with E-state index in [1.807, 2.05) is 72.6 Å². The molecule has 1 unspecified atom stereocenters. The molecule has 1 amide bonds. The van der Waals surface area contributed by atoms with Crippen molar-refractivity contribution in [2.24, 2.45) is 5.10 Å². The van der Waals surface area contributed by atoms with Gasteiger partial charge >= 0.3 is 0 Å². The van der Waals surface area contributed by atoms with Crippen LogP contribution in [0.15, 0.2) is 80.9 Å². The van der Waals surface area contributed by atoms with E-state index in [0.717, 1.165) is 33.7 Å². The lowest BCUT2D eigenvalue weighted by Gasteiger charge is -2.24. The molecule has 0 radical (unpaired) electrons. The van der Waals surface area contributed by atoms with E-state index >= 15 is 0 Å². The number of carbonyl (C=O) groups is 1. The van der Waals surface area contributed by atoms with E-state index in [2.05, 4.69) is 0 Å². The van der Waals surface area contributed by atoms with Crippen molar-refractivity contribution in [3.63, 3.8) is 0 Å². The number of hydrogen-bond donors (Lipinski definition) is 0. The van der Waals surface area contributed by atoms with Crippen molar-refractivity contribution < 1.29 is 23.1 Å². The van der Waals surface area contributed by atoms with Crippen molar-refractivity contribution in [2.45, 2.75) is 19.0 Å². The number of rotatable bonds is 6. The highest BCUT2D eigenvalue weighted by molar-refractivity contribution is 6.03. The Morgan fingerprint density at radius 2 is 1.91 bits per heavy atom. The molecule has 2 aromatic carbocycles. The normalized spacial score (nSPS) is 17.3. The molecule has 0 bridgehead atoms. The van der Waals surface area contributed by atoms with Gasteiger partial charge < -0.3 is 18.3 Å². The second-order valence-corrected chi connectivity index (χ2v) is 8.82. The first-order valence-corrected chi connectivity index (χ1v) is 11.6. The molecule has 0 saturated carbocycles. The molecule has 1 atom stereocenters. The Balaban J connectivity index is 1.20. The zero-order chi connectivity index (χ0) is 23.8. The van der Waals surface area contributed by atoms with E-state index in [9.17, 15) is 4.79 Å². The molecular weight excluding hydrogens is 446 g/mol. The van der Waals surface area contributed by atoms with Gasteiger partial charge in [-0.25, -0.2) is 5.01 Å². The number of furan rings is 2. The van der Waals surface area contributed by atoms with Crippen molar-refractivity contribution in [2.75, 3.05) is 26.8 Å². The summed E-state index contributed by atoms with van der Waals surface area (Å²) in [4.78, 5) is 15.4.